The molecule has 1 N–H and O–H groups in total. The lowest BCUT2D eigenvalue weighted by Crippen LogP contribution is -2.42. The van der Waals surface area contributed by atoms with Gasteiger partial charge in [-0.05, 0) is 49.5 Å². The maximum Gasteiger partial charge on any atom is 0.193 e. The van der Waals surface area contributed by atoms with E-state index in [0.29, 0.717) is 0 Å². The molecule has 0 atom stereocenters. The standard InChI is InChI=1S/C16H33N3S.HI/c1-14-7-9-15(10-8-14)13-19(3)16(17-2)18-11-5-6-12-20-4;/h14-15H,5-13H2,1-4H3,(H,17,18);1H. The van der Waals surface area contributed by atoms with Gasteiger partial charge in [-0.1, -0.05) is 19.8 Å². The number of aliphatic imine (C=N–C) groups is 1. The molecule has 5 heteroatoms. The van der Waals surface area contributed by atoms with Crippen LogP contribution in [0.3, 0.4) is 0 Å². The lowest BCUT2D eigenvalue weighted by molar-refractivity contribution is 0.250. The minimum Gasteiger partial charge on any atom is -0.356 e. The zero-order valence-corrected chi connectivity index (χ0v) is 17.4. The maximum atomic E-state index is 4.41. The number of guanidine groups is 1. The molecule has 1 saturated carbocycles. The molecule has 126 valence electrons. The SMILES string of the molecule is CN=C(NCCCCSC)N(C)CC1CCC(C)CC1.I. The molecule has 0 heterocycles. The first-order valence-corrected chi connectivity index (χ1v) is 9.47. The third-order valence-electron chi connectivity index (χ3n) is 4.30. The summed E-state index contributed by atoms with van der Waals surface area (Å²) in [6, 6.07) is 0. The highest BCUT2D eigenvalue weighted by Gasteiger charge is 2.20. The highest BCUT2D eigenvalue weighted by molar-refractivity contribution is 14.0. The molecule has 0 radical (unpaired) electrons. The van der Waals surface area contributed by atoms with E-state index >= 15 is 0 Å². The molecule has 1 rings (SSSR count). The van der Waals surface area contributed by atoms with Gasteiger partial charge in [-0.2, -0.15) is 11.8 Å². The summed E-state index contributed by atoms with van der Waals surface area (Å²) in [5, 5.41) is 3.49. The lowest BCUT2D eigenvalue weighted by atomic mass is 9.83. The highest BCUT2D eigenvalue weighted by atomic mass is 127. The summed E-state index contributed by atoms with van der Waals surface area (Å²) in [6.45, 7) is 4.57. The van der Waals surface area contributed by atoms with Gasteiger partial charge in [-0.15, -0.1) is 24.0 Å². The largest absolute Gasteiger partial charge is 0.356 e. The van der Waals surface area contributed by atoms with Crippen LogP contribution in [0, 0.1) is 11.8 Å². The zero-order valence-electron chi connectivity index (χ0n) is 14.2. The summed E-state index contributed by atoms with van der Waals surface area (Å²) in [6.07, 6.45) is 10.3. The molecule has 0 aliphatic heterocycles. The fraction of sp³-hybridized carbons (Fsp3) is 0.938. The molecule has 0 unspecified atom stereocenters. The summed E-state index contributed by atoms with van der Waals surface area (Å²) in [5.74, 6) is 4.11. The molecule has 0 spiro atoms. The van der Waals surface area contributed by atoms with E-state index < -0.39 is 0 Å². The molecular weight excluding hydrogens is 393 g/mol. The fourth-order valence-corrected chi connectivity index (χ4v) is 3.43. The highest BCUT2D eigenvalue weighted by Crippen LogP contribution is 2.28. The third-order valence-corrected chi connectivity index (χ3v) is 5.00. The monoisotopic (exact) mass is 427 g/mol. The first-order valence-electron chi connectivity index (χ1n) is 8.08. The number of rotatable bonds is 7. The molecule has 0 amide bonds. The Labute approximate surface area is 153 Å². The number of nitrogens with zero attached hydrogens (tertiary/aromatic N) is 2. The molecule has 21 heavy (non-hydrogen) atoms. The molecule has 3 nitrogen and oxygen atoms in total. The number of halogens is 1. The van der Waals surface area contributed by atoms with Gasteiger partial charge in [-0.3, -0.25) is 4.99 Å². The van der Waals surface area contributed by atoms with Gasteiger partial charge in [0, 0.05) is 27.2 Å². The van der Waals surface area contributed by atoms with Crippen LogP contribution in [-0.2, 0) is 0 Å². The average molecular weight is 427 g/mol. The topological polar surface area (TPSA) is 27.6 Å². The Hall–Kier alpha value is 0.350. The van der Waals surface area contributed by atoms with Crippen LogP contribution in [0.15, 0.2) is 4.99 Å². The normalized spacial score (nSPS) is 22.6. The summed E-state index contributed by atoms with van der Waals surface area (Å²) >= 11 is 1.93. The van der Waals surface area contributed by atoms with Crippen molar-refractivity contribution in [3.05, 3.63) is 0 Å². The number of hydrogen-bond acceptors (Lipinski definition) is 2. The minimum atomic E-state index is 0. The molecule has 1 aliphatic carbocycles. The van der Waals surface area contributed by atoms with Crippen molar-refractivity contribution in [3.8, 4) is 0 Å². The number of nitrogens with one attached hydrogen (secondary N) is 1. The Kier molecular flexibility index (Phi) is 13.1. The summed E-state index contributed by atoms with van der Waals surface area (Å²) < 4.78 is 0. The minimum absolute atomic E-state index is 0. The van der Waals surface area contributed by atoms with Gasteiger partial charge in [0.1, 0.15) is 0 Å². The van der Waals surface area contributed by atoms with E-state index in [1.807, 2.05) is 18.8 Å². The van der Waals surface area contributed by atoms with Crippen molar-refractivity contribution in [1.82, 2.24) is 10.2 Å². The van der Waals surface area contributed by atoms with Crippen LogP contribution in [0.4, 0.5) is 0 Å². The summed E-state index contributed by atoms with van der Waals surface area (Å²) in [7, 11) is 4.07. The van der Waals surface area contributed by atoms with Crippen molar-refractivity contribution in [3.63, 3.8) is 0 Å². The maximum absolute atomic E-state index is 4.41. The molecule has 1 fully saturated rings. The van der Waals surface area contributed by atoms with Gasteiger partial charge in [0.25, 0.3) is 0 Å². The van der Waals surface area contributed by atoms with E-state index in [0.717, 1.165) is 30.9 Å². The predicted octanol–water partition coefficient (Wildman–Crippen LogP) is 4.08. The predicted molar refractivity (Wildman–Crippen MR) is 108 cm³/mol. The molecule has 0 aromatic heterocycles. The quantitative estimate of drug-likeness (QED) is 0.287. The van der Waals surface area contributed by atoms with Crippen molar-refractivity contribution in [1.29, 1.82) is 0 Å². The summed E-state index contributed by atoms with van der Waals surface area (Å²) in [5.41, 5.74) is 0. The summed E-state index contributed by atoms with van der Waals surface area (Å²) in [4.78, 5) is 6.73. The third kappa shape index (κ3) is 9.16. The van der Waals surface area contributed by atoms with Crippen molar-refractivity contribution in [2.24, 2.45) is 16.8 Å². The van der Waals surface area contributed by atoms with Gasteiger partial charge in [0.2, 0.25) is 0 Å². The average Bonchev–Trinajstić information content (AvgIpc) is 2.45. The number of unbranched alkanes of at least 4 members (excludes halogenated alkanes) is 1. The Morgan fingerprint density at radius 2 is 1.90 bits per heavy atom. The van der Waals surface area contributed by atoms with Crippen LogP contribution in [0.1, 0.15) is 45.4 Å². The lowest BCUT2D eigenvalue weighted by Gasteiger charge is -2.31. The van der Waals surface area contributed by atoms with Gasteiger partial charge in [-0.25, -0.2) is 0 Å². The van der Waals surface area contributed by atoms with Crippen molar-refractivity contribution < 1.29 is 0 Å². The van der Waals surface area contributed by atoms with Crippen LogP contribution in [0.5, 0.6) is 0 Å². The van der Waals surface area contributed by atoms with E-state index in [4.69, 9.17) is 0 Å². The van der Waals surface area contributed by atoms with Crippen molar-refractivity contribution >= 4 is 41.7 Å². The first kappa shape index (κ1) is 21.4. The fourth-order valence-electron chi connectivity index (χ4n) is 2.94. The van der Waals surface area contributed by atoms with Crippen LogP contribution < -0.4 is 5.32 Å². The van der Waals surface area contributed by atoms with E-state index in [-0.39, 0.29) is 24.0 Å². The first-order chi connectivity index (χ1) is 9.67. The van der Waals surface area contributed by atoms with Crippen LogP contribution in [-0.4, -0.2) is 50.1 Å². The molecule has 0 aromatic carbocycles. The molecule has 1 aliphatic rings. The number of hydrogen-bond donors (Lipinski definition) is 1. The Morgan fingerprint density at radius 1 is 1.24 bits per heavy atom. The van der Waals surface area contributed by atoms with Crippen molar-refractivity contribution in [2.75, 3.05) is 39.2 Å². The van der Waals surface area contributed by atoms with E-state index in [9.17, 15) is 0 Å². The smallest absolute Gasteiger partial charge is 0.193 e. The molecule has 0 saturated heterocycles. The van der Waals surface area contributed by atoms with Crippen LogP contribution in [0.25, 0.3) is 0 Å². The molecule has 0 aromatic rings. The van der Waals surface area contributed by atoms with Crippen molar-refractivity contribution in [2.45, 2.75) is 45.4 Å². The van der Waals surface area contributed by atoms with E-state index in [2.05, 4.69) is 35.4 Å². The second-order valence-electron chi connectivity index (χ2n) is 6.18. The zero-order chi connectivity index (χ0) is 14.8. The molecule has 0 bridgehead atoms. The second kappa shape index (κ2) is 12.9. The Morgan fingerprint density at radius 3 is 2.48 bits per heavy atom. The Balaban J connectivity index is 0.00000400. The van der Waals surface area contributed by atoms with Gasteiger partial charge in [0.15, 0.2) is 5.96 Å². The van der Waals surface area contributed by atoms with Gasteiger partial charge in [0.05, 0.1) is 0 Å². The van der Waals surface area contributed by atoms with E-state index in [1.54, 1.807) is 0 Å². The van der Waals surface area contributed by atoms with Gasteiger partial charge < -0.3 is 10.2 Å². The van der Waals surface area contributed by atoms with Gasteiger partial charge >= 0.3 is 0 Å². The number of thioether (sulfide) groups is 1. The van der Waals surface area contributed by atoms with Crippen LogP contribution >= 0.6 is 35.7 Å². The second-order valence-corrected chi connectivity index (χ2v) is 7.17. The Bertz CT molecular complexity index is 279. The van der Waals surface area contributed by atoms with Crippen LogP contribution in [0.2, 0.25) is 0 Å². The van der Waals surface area contributed by atoms with E-state index in [1.165, 1.54) is 44.3 Å². The molecular formula is C16H34IN3S.